The number of fused-ring (bicyclic) bond motifs is 1. The maximum atomic E-state index is 15.0. The second-order valence-corrected chi connectivity index (χ2v) is 10.6. The van der Waals surface area contributed by atoms with E-state index < -0.39 is 17.6 Å². The topological polar surface area (TPSA) is 26.3 Å². The molecule has 2 aromatic rings. The van der Waals surface area contributed by atoms with Crippen molar-refractivity contribution >= 4 is 5.97 Å². The van der Waals surface area contributed by atoms with Crippen LogP contribution in [0.4, 0.5) is 8.78 Å². The number of aryl methyl sites for hydroxylation is 1. The van der Waals surface area contributed by atoms with E-state index in [9.17, 15) is 13.6 Å². The Kier molecular flexibility index (Phi) is 9.12. The first-order valence-corrected chi connectivity index (χ1v) is 13.5. The smallest absolute Gasteiger partial charge is 0.346 e. The number of hydrogen-bond donors (Lipinski definition) is 0. The SMILES string of the molecule is C=CCCc1ccc(OC(=O)c2ccc(C3CCC4CC(CC/C=C/C)CCC4C3)cc2F)c(F)c1. The van der Waals surface area contributed by atoms with Crippen molar-refractivity contribution < 1.29 is 18.3 Å². The molecule has 0 bridgehead atoms. The van der Waals surface area contributed by atoms with E-state index in [0.717, 1.165) is 42.2 Å². The summed E-state index contributed by atoms with van der Waals surface area (Å²) in [4.78, 5) is 12.6. The predicted molar refractivity (Wildman–Crippen MR) is 141 cm³/mol. The summed E-state index contributed by atoms with van der Waals surface area (Å²) in [5, 5.41) is 0. The van der Waals surface area contributed by atoms with Crippen LogP contribution in [0.15, 0.2) is 61.2 Å². The van der Waals surface area contributed by atoms with E-state index in [1.807, 2.05) is 6.07 Å². The maximum absolute atomic E-state index is 15.0. The number of carbonyl (C=O) groups excluding carboxylic acids is 1. The van der Waals surface area contributed by atoms with Crippen molar-refractivity contribution in [3.8, 4) is 5.75 Å². The molecule has 2 saturated carbocycles. The first-order valence-electron chi connectivity index (χ1n) is 13.5. The van der Waals surface area contributed by atoms with Gasteiger partial charge in [0, 0.05) is 0 Å². The Hall–Kier alpha value is -2.75. The molecule has 192 valence electrons. The third-order valence-electron chi connectivity index (χ3n) is 8.22. The van der Waals surface area contributed by atoms with Crippen LogP contribution in [0.3, 0.4) is 0 Å². The number of halogens is 2. The number of benzene rings is 2. The lowest BCUT2D eigenvalue weighted by atomic mass is 9.63. The number of rotatable bonds is 9. The number of esters is 1. The van der Waals surface area contributed by atoms with Crippen molar-refractivity contribution in [3.63, 3.8) is 0 Å². The molecule has 0 amide bonds. The Morgan fingerprint density at radius 2 is 1.81 bits per heavy atom. The molecule has 4 unspecified atom stereocenters. The van der Waals surface area contributed by atoms with Crippen LogP contribution in [-0.4, -0.2) is 5.97 Å². The number of ether oxygens (including phenoxy) is 1. The van der Waals surface area contributed by atoms with Crippen molar-refractivity contribution in [2.75, 3.05) is 0 Å². The summed E-state index contributed by atoms with van der Waals surface area (Å²) in [5.74, 6) is 0.378. The third-order valence-corrected chi connectivity index (χ3v) is 8.22. The van der Waals surface area contributed by atoms with Crippen molar-refractivity contribution in [1.82, 2.24) is 0 Å². The molecule has 2 aromatic carbocycles. The van der Waals surface area contributed by atoms with Crippen LogP contribution in [0.25, 0.3) is 0 Å². The van der Waals surface area contributed by atoms with Gasteiger partial charge in [-0.15, -0.1) is 6.58 Å². The van der Waals surface area contributed by atoms with Crippen molar-refractivity contribution in [3.05, 3.63) is 89.5 Å². The fraction of sp³-hybridized carbons (Fsp3) is 0.469. The molecule has 0 aromatic heterocycles. The summed E-state index contributed by atoms with van der Waals surface area (Å²) in [6.45, 7) is 5.75. The highest BCUT2D eigenvalue weighted by Gasteiger charge is 2.36. The molecule has 0 spiro atoms. The molecule has 0 N–H and O–H groups in total. The molecule has 0 radical (unpaired) electrons. The monoisotopic (exact) mass is 492 g/mol. The zero-order chi connectivity index (χ0) is 25.5. The van der Waals surface area contributed by atoms with E-state index in [4.69, 9.17) is 4.74 Å². The molecule has 2 nitrogen and oxygen atoms in total. The standard InChI is InChI=1S/C32H38F2O2/c1-3-5-7-9-22-10-12-25-20-26(14-13-24(25)18-22)27-15-16-28(29(33)21-27)32(35)36-31-17-11-23(8-6-4-2)19-30(31)34/h3-5,11,15-17,19,21-22,24-26H,2,6-10,12-14,18,20H2,1H3/b5-3+. The van der Waals surface area contributed by atoms with E-state index in [1.54, 1.807) is 12.1 Å². The zero-order valence-corrected chi connectivity index (χ0v) is 21.4. The minimum Gasteiger partial charge on any atom is -0.420 e. The maximum Gasteiger partial charge on any atom is 0.346 e. The average molecular weight is 493 g/mol. The van der Waals surface area contributed by atoms with E-state index in [0.29, 0.717) is 18.3 Å². The molecule has 4 rings (SSSR count). The van der Waals surface area contributed by atoms with Gasteiger partial charge < -0.3 is 4.74 Å². The molecule has 4 atom stereocenters. The van der Waals surface area contributed by atoms with Crippen LogP contribution in [0.2, 0.25) is 0 Å². The van der Waals surface area contributed by atoms with E-state index >= 15 is 0 Å². The van der Waals surface area contributed by atoms with Crippen molar-refractivity contribution in [1.29, 1.82) is 0 Å². The average Bonchev–Trinajstić information content (AvgIpc) is 2.88. The quantitative estimate of drug-likeness (QED) is 0.198. The van der Waals surface area contributed by atoms with Crippen LogP contribution in [0.5, 0.6) is 5.75 Å². The second kappa shape index (κ2) is 12.5. The third kappa shape index (κ3) is 6.52. The molecule has 0 aliphatic heterocycles. The Labute approximate surface area is 214 Å². The van der Waals surface area contributed by atoms with Gasteiger partial charge in [0.15, 0.2) is 11.6 Å². The van der Waals surface area contributed by atoms with Gasteiger partial charge in [-0.2, -0.15) is 0 Å². The number of carbonyl (C=O) groups is 1. The normalized spacial score (nSPS) is 23.9. The van der Waals surface area contributed by atoms with Gasteiger partial charge in [0.2, 0.25) is 0 Å². The molecule has 0 saturated heterocycles. The second-order valence-electron chi connectivity index (χ2n) is 10.6. The first-order chi connectivity index (χ1) is 17.5. The minimum atomic E-state index is -0.878. The summed E-state index contributed by atoms with van der Waals surface area (Å²) >= 11 is 0. The summed E-state index contributed by atoms with van der Waals surface area (Å²) in [7, 11) is 0. The van der Waals surface area contributed by atoms with Gasteiger partial charge >= 0.3 is 5.97 Å². The van der Waals surface area contributed by atoms with Gasteiger partial charge in [-0.05, 0) is 124 Å². The zero-order valence-electron chi connectivity index (χ0n) is 21.4. The Bertz CT molecular complexity index is 1090. The molecule has 36 heavy (non-hydrogen) atoms. The lowest BCUT2D eigenvalue weighted by molar-refractivity contribution is 0.0722. The van der Waals surface area contributed by atoms with Gasteiger partial charge in [-0.1, -0.05) is 36.8 Å². The van der Waals surface area contributed by atoms with Crippen LogP contribution in [-0.2, 0) is 6.42 Å². The van der Waals surface area contributed by atoms with Crippen LogP contribution in [0.1, 0.15) is 92.1 Å². The molecular weight excluding hydrogens is 454 g/mol. The lowest BCUT2D eigenvalue weighted by Gasteiger charge is -2.42. The van der Waals surface area contributed by atoms with Gasteiger partial charge in [-0.25, -0.2) is 13.6 Å². The minimum absolute atomic E-state index is 0.163. The van der Waals surface area contributed by atoms with Gasteiger partial charge in [0.1, 0.15) is 5.82 Å². The van der Waals surface area contributed by atoms with Gasteiger partial charge in [0.25, 0.3) is 0 Å². The van der Waals surface area contributed by atoms with Crippen LogP contribution in [0, 0.1) is 29.4 Å². The molecule has 4 heteroatoms. The van der Waals surface area contributed by atoms with E-state index in [2.05, 4.69) is 25.7 Å². The summed E-state index contributed by atoms with van der Waals surface area (Å²) < 4.78 is 34.6. The fourth-order valence-corrected chi connectivity index (χ4v) is 6.21. The Balaban J connectivity index is 1.35. The van der Waals surface area contributed by atoms with Crippen molar-refractivity contribution in [2.24, 2.45) is 17.8 Å². The highest BCUT2D eigenvalue weighted by atomic mass is 19.1. The van der Waals surface area contributed by atoms with Gasteiger partial charge in [0.05, 0.1) is 5.56 Å². The fourth-order valence-electron chi connectivity index (χ4n) is 6.21. The molecular formula is C32H38F2O2. The number of allylic oxidation sites excluding steroid dienone is 3. The van der Waals surface area contributed by atoms with E-state index in [-0.39, 0.29) is 11.3 Å². The first kappa shape index (κ1) is 26.3. The van der Waals surface area contributed by atoms with E-state index in [1.165, 1.54) is 62.8 Å². The molecule has 2 fully saturated rings. The Morgan fingerprint density at radius 3 is 2.56 bits per heavy atom. The van der Waals surface area contributed by atoms with Crippen LogP contribution < -0.4 is 4.74 Å². The highest BCUT2D eigenvalue weighted by molar-refractivity contribution is 5.91. The Morgan fingerprint density at radius 1 is 1.00 bits per heavy atom. The molecule has 0 heterocycles. The molecule has 2 aliphatic carbocycles. The summed E-state index contributed by atoms with van der Waals surface area (Å²) in [6, 6.07) is 9.30. The summed E-state index contributed by atoms with van der Waals surface area (Å²) in [6.07, 6.45) is 17.3. The predicted octanol–water partition coefficient (Wildman–Crippen LogP) is 8.96. The van der Waals surface area contributed by atoms with Gasteiger partial charge in [-0.3, -0.25) is 0 Å². The highest BCUT2D eigenvalue weighted by Crippen LogP contribution is 2.48. The van der Waals surface area contributed by atoms with Crippen LogP contribution >= 0.6 is 0 Å². The van der Waals surface area contributed by atoms with Crippen molar-refractivity contribution in [2.45, 2.75) is 77.0 Å². The largest absolute Gasteiger partial charge is 0.420 e. The number of hydrogen-bond acceptors (Lipinski definition) is 2. The molecule has 2 aliphatic rings. The lowest BCUT2D eigenvalue weighted by Crippen LogP contribution is -2.30. The summed E-state index contributed by atoms with van der Waals surface area (Å²) in [5.41, 5.74) is 1.58.